The standard InChI is InChI=1S/C22H17Cl2N3O/c23-14-6-4-13(5-7-14)20-17(12-25)22(26)27(16-10-8-15(24)9-11-16)18-2-1-3-19(28)21(18)20/h4-11,20H,1-3,26H2. The lowest BCUT2D eigenvalue weighted by molar-refractivity contribution is -0.116. The molecule has 2 aromatic carbocycles. The Kier molecular flexibility index (Phi) is 4.89. The molecule has 140 valence electrons. The molecule has 0 amide bonds. The summed E-state index contributed by atoms with van der Waals surface area (Å²) in [7, 11) is 0. The van der Waals surface area contributed by atoms with E-state index in [2.05, 4.69) is 6.07 Å². The maximum absolute atomic E-state index is 13.0. The van der Waals surface area contributed by atoms with E-state index < -0.39 is 5.92 Å². The minimum absolute atomic E-state index is 0.0559. The van der Waals surface area contributed by atoms with Crippen LogP contribution in [-0.4, -0.2) is 5.78 Å². The number of halogens is 2. The number of hydrogen-bond acceptors (Lipinski definition) is 4. The first kappa shape index (κ1) is 18.6. The highest BCUT2D eigenvalue weighted by Crippen LogP contribution is 2.46. The van der Waals surface area contributed by atoms with Gasteiger partial charge in [-0.2, -0.15) is 5.26 Å². The second kappa shape index (κ2) is 7.35. The fourth-order valence-corrected chi connectivity index (χ4v) is 4.21. The molecule has 1 aliphatic heterocycles. The normalized spacial score (nSPS) is 19.5. The summed E-state index contributed by atoms with van der Waals surface area (Å²) < 4.78 is 0. The van der Waals surface area contributed by atoms with Gasteiger partial charge in [-0.25, -0.2) is 0 Å². The zero-order valence-corrected chi connectivity index (χ0v) is 16.5. The Morgan fingerprint density at radius 3 is 2.21 bits per heavy atom. The molecule has 0 fully saturated rings. The third-order valence-corrected chi connectivity index (χ3v) is 5.71. The zero-order chi connectivity index (χ0) is 19.8. The summed E-state index contributed by atoms with van der Waals surface area (Å²) in [5.74, 6) is -0.0766. The summed E-state index contributed by atoms with van der Waals surface area (Å²) in [4.78, 5) is 14.8. The monoisotopic (exact) mass is 409 g/mol. The Hall–Kier alpha value is -2.74. The van der Waals surface area contributed by atoms with Crippen molar-refractivity contribution in [1.29, 1.82) is 5.26 Å². The molecular weight excluding hydrogens is 393 g/mol. The van der Waals surface area contributed by atoms with E-state index in [4.69, 9.17) is 28.9 Å². The van der Waals surface area contributed by atoms with Gasteiger partial charge in [0.2, 0.25) is 0 Å². The predicted octanol–water partition coefficient (Wildman–Crippen LogP) is 5.30. The number of allylic oxidation sites excluding steroid dienone is 3. The van der Waals surface area contributed by atoms with E-state index in [-0.39, 0.29) is 5.78 Å². The third kappa shape index (κ3) is 3.07. The second-order valence-corrected chi connectivity index (χ2v) is 7.72. The quantitative estimate of drug-likeness (QED) is 0.730. The number of nitrogens with zero attached hydrogens (tertiary/aromatic N) is 2. The number of carbonyl (C=O) groups is 1. The molecule has 1 heterocycles. The fourth-order valence-electron chi connectivity index (χ4n) is 3.96. The molecule has 2 N–H and O–H groups in total. The van der Waals surface area contributed by atoms with E-state index in [0.717, 1.165) is 23.4 Å². The van der Waals surface area contributed by atoms with Crippen LogP contribution in [0.25, 0.3) is 0 Å². The molecule has 6 heteroatoms. The van der Waals surface area contributed by atoms with Crippen LogP contribution < -0.4 is 10.6 Å². The van der Waals surface area contributed by atoms with Gasteiger partial charge in [0.1, 0.15) is 5.82 Å². The molecule has 4 rings (SSSR count). The molecular formula is C22H17Cl2N3O. The number of nitrogens with two attached hydrogens (primary N) is 1. The number of benzene rings is 2. The molecule has 4 nitrogen and oxygen atoms in total. The fraction of sp³-hybridized carbons (Fsp3) is 0.182. The van der Waals surface area contributed by atoms with Gasteiger partial charge < -0.3 is 5.73 Å². The lowest BCUT2D eigenvalue weighted by atomic mass is 9.75. The van der Waals surface area contributed by atoms with Crippen LogP contribution in [0.15, 0.2) is 71.2 Å². The van der Waals surface area contributed by atoms with E-state index in [0.29, 0.717) is 39.9 Å². The number of hydrogen-bond donors (Lipinski definition) is 1. The first-order valence-corrected chi connectivity index (χ1v) is 9.74. The lowest BCUT2D eigenvalue weighted by Gasteiger charge is -2.39. The van der Waals surface area contributed by atoms with E-state index in [1.54, 1.807) is 24.3 Å². The van der Waals surface area contributed by atoms with Crippen LogP contribution >= 0.6 is 23.2 Å². The van der Waals surface area contributed by atoms with Gasteiger partial charge in [0, 0.05) is 33.4 Å². The van der Waals surface area contributed by atoms with Gasteiger partial charge in [0.25, 0.3) is 0 Å². The zero-order valence-electron chi connectivity index (χ0n) is 15.0. The second-order valence-electron chi connectivity index (χ2n) is 6.84. The Bertz CT molecular complexity index is 1050. The summed E-state index contributed by atoms with van der Waals surface area (Å²) in [6.07, 6.45) is 1.94. The molecule has 0 saturated carbocycles. The van der Waals surface area contributed by atoms with Crippen molar-refractivity contribution in [2.75, 3.05) is 4.90 Å². The molecule has 0 saturated heterocycles. The summed E-state index contributed by atoms with van der Waals surface area (Å²) in [5.41, 5.74) is 9.98. The summed E-state index contributed by atoms with van der Waals surface area (Å²) in [6, 6.07) is 16.7. The Morgan fingerprint density at radius 1 is 1.00 bits per heavy atom. The molecule has 1 aliphatic carbocycles. The number of nitriles is 1. The van der Waals surface area contributed by atoms with Crippen molar-refractivity contribution in [3.05, 3.63) is 86.8 Å². The number of rotatable bonds is 2. The molecule has 0 radical (unpaired) electrons. The number of carbonyl (C=O) groups excluding carboxylic acids is 1. The van der Waals surface area contributed by atoms with Crippen molar-refractivity contribution in [3.8, 4) is 6.07 Å². The van der Waals surface area contributed by atoms with E-state index in [1.165, 1.54) is 0 Å². The highest BCUT2D eigenvalue weighted by Gasteiger charge is 2.40. The molecule has 2 aliphatic rings. The van der Waals surface area contributed by atoms with Gasteiger partial charge in [-0.05, 0) is 54.8 Å². The van der Waals surface area contributed by atoms with Crippen LogP contribution in [0.1, 0.15) is 30.7 Å². The molecule has 1 unspecified atom stereocenters. The summed E-state index contributed by atoms with van der Waals surface area (Å²) >= 11 is 12.1. The van der Waals surface area contributed by atoms with Crippen LogP contribution in [-0.2, 0) is 4.79 Å². The lowest BCUT2D eigenvalue weighted by Crippen LogP contribution is -2.38. The Labute approximate surface area is 173 Å². The van der Waals surface area contributed by atoms with Crippen molar-refractivity contribution < 1.29 is 4.79 Å². The average Bonchev–Trinajstić information content (AvgIpc) is 2.69. The van der Waals surface area contributed by atoms with Crippen molar-refractivity contribution in [2.24, 2.45) is 5.73 Å². The highest BCUT2D eigenvalue weighted by molar-refractivity contribution is 6.30. The smallest absolute Gasteiger partial charge is 0.161 e. The van der Waals surface area contributed by atoms with Gasteiger partial charge in [-0.15, -0.1) is 0 Å². The van der Waals surface area contributed by atoms with E-state index in [9.17, 15) is 10.1 Å². The van der Waals surface area contributed by atoms with Crippen molar-refractivity contribution in [2.45, 2.75) is 25.2 Å². The molecule has 0 aromatic heterocycles. The topological polar surface area (TPSA) is 70.1 Å². The first-order valence-electron chi connectivity index (χ1n) is 8.98. The molecule has 0 spiro atoms. The number of ketones is 1. The van der Waals surface area contributed by atoms with E-state index >= 15 is 0 Å². The molecule has 1 atom stereocenters. The SMILES string of the molecule is N#CC1=C(N)N(c2ccc(Cl)cc2)C2=C(C(=O)CCC2)C1c1ccc(Cl)cc1. The van der Waals surface area contributed by atoms with Crippen molar-refractivity contribution in [3.63, 3.8) is 0 Å². The third-order valence-electron chi connectivity index (χ3n) is 5.20. The number of anilines is 1. The average molecular weight is 410 g/mol. The maximum atomic E-state index is 13.0. The van der Waals surface area contributed by atoms with Crippen LogP contribution in [0.4, 0.5) is 5.69 Å². The van der Waals surface area contributed by atoms with Crippen LogP contribution in [0.3, 0.4) is 0 Å². The minimum Gasteiger partial charge on any atom is -0.384 e. The van der Waals surface area contributed by atoms with Crippen LogP contribution in [0.2, 0.25) is 10.0 Å². The van der Waals surface area contributed by atoms with Gasteiger partial charge in [0.05, 0.1) is 17.6 Å². The highest BCUT2D eigenvalue weighted by atomic mass is 35.5. The van der Waals surface area contributed by atoms with Crippen LogP contribution in [0, 0.1) is 11.3 Å². The van der Waals surface area contributed by atoms with Gasteiger partial charge in [-0.3, -0.25) is 9.69 Å². The Morgan fingerprint density at radius 2 is 1.61 bits per heavy atom. The first-order chi connectivity index (χ1) is 13.5. The minimum atomic E-state index is -0.478. The maximum Gasteiger partial charge on any atom is 0.161 e. The summed E-state index contributed by atoms with van der Waals surface area (Å²) in [5, 5.41) is 11.1. The van der Waals surface area contributed by atoms with Crippen LogP contribution in [0.5, 0.6) is 0 Å². The van der Waals surface area contributed by atoms with Crippen molar-refractivity contribution >= 4 is 34.7 Å². The Balaban J connectivity index is 1.95. The molecule has 28 heavy (non-hydrogen) atoms. The van der Waals surface area contributed by atoms with Gasteiger partial charge in [-0.1, -0.05) is 35.3 Å². The van der Waals surface area contributed by atoms with Crippen molar-refractivity contribution in [1.82, 2.24) is 0 Å². The van der Waals surface area contributed by atoms with Gasteiger partial charge >= 0.3 is 0 Å². The van der Waals surface area contributed by atoms with E-state index in [1.807, 2.05) is 29.2 Å². The van der Waals surface area contributed by atoms with Gasteiger partial charge in [0.15, 0.2) is 5.78 Å². The summed E-state index contributed by atoms with van der Waals surface area (Å²) in [6.45, 7) is 0. The molecule has 0 bridgehead atoms. The number of Topliss-reactive ketones (excluding diaryl/α,β-unsaturated/α-hetero) is 1. The predicted molar refractivity (Wildman–Crippen MR) is 111 cm³/mol. The molecule has 2 aromatic rings. The largest absolute Gasteiger partial charge is 0.384 e.